The van der Waals surface area contributed by atoms with Gasteiger partial charge in [0.1, 0.15) is 5.83 Å². The lowest BCUT2D eigenvalue weighted by Gasteiger charge is -2.11. The van der Waals surface area contributed by atoms with E-state index in [2.05, 4.69) is 5.32 Å². The molecule has 0 saturated heterocycles. The Bertz CT molecular complexity index is 879. The van der Waals surface area contributed by atoms with Crippen molar-refractivity contribution in [3.05, 3.63) is 88.2 Å². The van der Waals surface area contributed by atoms with Gasteiger partial charge in [-0.1, -0.05) is 48.0 Å². The molecule has 0 atom stereocenters. The summed E-state index contributed by atoms with van der Waals surface area (Å²) >= 11 is 0. The number of rotatable bonds is 6. The minimum Gasteiger partial charge on any atom is -0.378 e. The maximum atomic E-state index is 14.5. The molecule has 1 N–H and O–H groups in total. The number of halogens is 1. The normalized spacial score (nSPS) is 11.9. The predicted octanol–water partition coefficient (Wildman–Crippen LogP) is 4.66. The van der Waals surface area contributed by atoms with Crippen LogP contribution >= 0.6 is 0 Å². The van der Waals surface area contributed by atoms with Gasteiger partial charge in [-0.05, 0) is 44.0 Å². The first-order chi connectivity index (χ1) is 11.8. The number of hydrogen-bond acceptors (Lipinski definition) is 3. The molecule has 0 aliphatic heterocycles. The summed E-state index contributed by atoms with van der Waals surface area (Å²) in [6.45, 7) is 5.41. The fourth-order valence-electron chi connectivity index (χ4n) is 2.18. The first-order valence-electron chi connectivity index (χ1n) is 7.94. The van der Waals surface area contributed by atoms with Crippen LogP contribution in [0.1, 0.15) is 25.0 Å². The number of allylic oxidation sites excluding steroid dienone is 2. The number of sulfone groups is 1. The number of aryl methyl sites for hydroxylation is 1. The van der Waals surface area contributed by atoms with E-state index >= 15 is 0 Å². The van der Waals surface area contributed by atoms with E-state index in [1.807, 2.05) is 37.3 Å². The summed E-state index contributed by atoms with van der Waals surface area (Å²) in [4.78, 5) is 0.138. The van der Waals surface area contributed by atoms with Crippen molar-refractivity contribution in [2.45, 2.75) is 32.2 Å². The van der Waals surface area contributed by atoms with Crippen LogP contribution < -0.4 is 5.32 Å². The molecule has 2 rings (SSSR count). The molecule has 0 bridgehead atoms. The van der Waals surface area contributed by atoms with Crippen LogP contribution in [0.5, 0.6) is 0 Å². The summed E-state index contributed by atoms with van der Waals surface area (Å²) < 4.78 is 39.7. The third kappa shape index (κ3) is 5.29. The van der Waals surface area contributed by atoms with Gasteiger partial charge >= 0.3 is 0 Å². The molecule has 2 aromatic rings. The molecule has 0 aliphatic rings. The van der Waals surface area contributed by atoms with Crippen molar-refractivity contribution in [1.29, 1.82) is 0 Å². The molecule has 5 heteroatoms. The fourth-order valence-corrected chi connectivity index (χ4v) is 3.33. The summed E-state index contributed by atoms with van der Waals surface area (Å²) in [5.74, 6) is -0.563. The largest absolute Gasteiger partial charge is 0.378 e. The van der Waals surface area contributed by atoms with Crippen LogP contribution in [0.15, 0.2) is 82.0 Å². The molecule has 132 valence electrons. The Balaban J connectivity index is 2.35. The minimum atomic E-state index is -3.76. The van der Waals surface area contributed by atoms with Crippen LogP contribution in [-0.2, 0) is 16.4 Å². The molecule has 0 unspecified atom stereocenters. The maximum Gasteiger partial charge on any atom is 0.201 e. The topological polar surface area (TPSA) is 46.2 Å². The predicted molar refractivity (Wildman–Crippen MR) is 99.2 cm³/mol. The standard InChI is InChI=1S/C20H22FNO2S/c1-15(2)20(21)19(22-13-17-7-5-4-6-8-17)14-25(23,24)18-11-9-16(3)10-12-18/h4-12,14,22H,13H2,1-3H3/b19-14-. The molecule has 0 radical (unpaired) electrons. The molecular weight excluding hydrogens is 337 g/mol. The van der Waals surface area contributed by atoms with Crippen LogP contribution in [0.25, 0.3) is 0 Å². The highest BCUT2D eigenvalue weighted by molar-refractivity contribution is 7.94. The molecular formula is C20H22FNO2S. The van der Waals surface area contributed by atoms with Gasteiger partial charge in [0.2, 0.25) is 9.84 Å². The zero-order valence-electron chi connectivity index (χ0n) is 14.6. The molecule has 0 amide bonds. The summed E-state index contributed by atoms with van der Waals surface area (Å²) in [6, 6.07) is 15.9. The molecule has 0 spiro atoms. The van der Waals surface area contributed by atoms with Crippen LogP contribution in [0, 0.1) is 6.92 Å². The monoisotopic (exact) mass is 359 g/mol. The van der Waals surface area contributed by atoms with Gasteiger partial charge in [-0.15, -0.1) is 0 Å². The van der Waals surface area contributed by atoms with E-state index in [0.717, 1.165) is 16.5 Å². The Hall–Kier alpha value is -2.40. The second kappa shape index (κ2) is 8.12. The van der Waals surface area contributed by atoms with Gasteiger partial charge in [-0.2, -0.15) is 0 Å². The molecule has 0 heterocycles. The van der Waals surface area contributed by atoms with Gasteiger partial charge in [0.15, 0.2) is 0 Å². The Kier molecular flexibility index (Phi) is 6.15. The van der Waals surface area contributed by atoms with Gasteiger partial charge in [0.25, 0.3) is 0 Å². The smallest absolute Gasteiger partial charge is 0.201 e. The third-order valence-corrected chi connectivity index (χ3v) is 5.10. The van der Waals surface area contributed by atoms with Crippen molar-refractivity contribution in [2.75, 3.05) is 0 Å². The zero-order valence-corrected chi connectivity index (χ0v) is 15.4. The number of nitrogens with one attached hydrogen (secondary N) is 1. The highest BCUT2D eigenvalue weighted by Crippen LogP contribution is 2.20. The molecule has 0 fully saturated rings. The third-order valence-electron chi connectivity index (χ3n) is 3.62. The van der Waals surface area contributed by atoms with Gasteiger partial charge in [-0.3, -0.25) is 0 Å². The Morgan fingerprint density at radius 2 is 1.64 bits per heavy atom. The highest BCUT2D eigenvalue weighted by Gasteiger charge is 2.16. The van der Waals surface area contributed by atoms with E-state index in [4.69, 9.17) is 0 Å². The highest BCUT2D eigenvalue weighted by atomic mass is 32.2. The lowest BCUT2D eigenvalue weighted by atomic mass is 10.2. The average molecular weight is 359 g/mol. The molecule has 0 saturated carbocycles. The van der Waals surface area contributed by atoms with Crippen LogP contribution in [0.4, 0.5) is 4.39 Å². The fraction of sp³-hybridized carbons (Fsp3) is 0.200. The zero-order chi connectivity index (χ0) is 18.4. The van der Waals surface area contributed by atoms with E-state index < -0.39 is 15.7 Å². The van der Waals surface area contributed by atoms with Crippen molar-refractivity contribution in [3.63, 3.8) is 0 Å². The van der Waals surface area contributed by atoms with E-state index in [9.17, 15) is 12.8 Å². The van der Waals surface area contributed by atoms with E-state index in [-0.39, 0.29) is 10.6 Å². The summed E-state index contributed by atoms with van der Waals surface area (Å²) in [6.07, 6.45) is 0. The quantitative estimate of drug-likeness (QED) is 0.763. The summed E-state index contributed by atoms with van der Waals surface area (Å²) in [5, 5.41) is 3.86. The van der Waals surface area contributed by atoms with Crippen molar-refractivity contribution in [1.82, 2.24) is 5.32 Å². The number of benzene rings is 2. The van der Waals surface area contributed by atoms with E-state index in [1.165, 1.54) is 12.1 Å². The Morgan fingerprint density at radius 3 is 2.20 bits per heavy atom. The molecule has 3 nitrogen and oxygen atoms in total. The molecule has 0 aliphatic carbocycles. The first kappa shape index (κ1) is 18.9. The van der Waals surface area contributed by atoms with Crippen molar-refractivity contribution >= 4 is 9.84 Å². The number of hydrogen-bond donors (Lipinski definition) is 1. The van der Waals surface area contributed by atoms with Crippen LogP contribution in [-0.4, -0.2) is 8.42 Å². The Labute approximate surface area is 148 Å². The Morgan fingerprint density at radius 1 is 1.04 bits per heavy atom. The first-order valence-corrected chi connectivity index (χ1v) is 9.49. The molecule has 0 aromatic heterocycles. The van der Waals surface area contributed by atoms with Crippen LogP contribution in [0.2, 0.25) is 0 Å². The lowest BCUT2D eigenvalue weighted by molar-refractivity contribution is 0.596. The van der Waals surface area contributed by atoms with Gasteiger partial charge in [-0.25, -0.2) is 12.8 Å². The van der Waals surface area contributed by atoms with Gasteiger partial charge in [0.05, 0.1) is 16.0 Å². The summed E-state index contributed by atoms with van der Waals surface area (Å²) in [5.41, 5.74) is 2.26. The summed E-state index contributed by atoms with van der Waals surface area (Å²) in [7, 11) is -3.76. The molecule has 2 aromatic carbocycles. The SMILES string of the molecule is CC(C)=C(F)/C(=C/S(=O)(=O)c1ccc(C)cc1)NCc1ccccc1. The van der Waals surface area contributed by atoms with Crippen LogP contribution in [0.3, 0.4) is 0 Å². The maximum absolute atomic E-state index is 14.5. The minimum absolute atomic E-state index is 0.0376. The van der Waals surface area contributed by atoms with Crippen molar-refractivity contribution in [3.8, 4) is 0 Å². The van der Waals surface area contributed by atoms with E-state index in [1.54, 1.807) is 26.0 Å². The van der Waals surface area contributed by atoms with Crippen molar-refractivity contribution < 1.29 is 12.8 Å². The van der Waals surface area contributed by atoms with E-state index in [0.29, 0.717) is 12.1 Å². The molecule has 25 heavy (non-hydrogen) atoms. The second-order valence-electron chi connectivity index (χ2n) is 6.04. The lowest BCUT2D eigenvalue weighted by Crippen LogP contribution is -2.16. The second-order valence-corrected chi connectivity index (χ2v) is 7.84. The van der Waals surface area contributed by atoms with Gasteiger partial charge in [0, 0.05) is 6.54 Å². The van der Waals surface area contributed by atoms with Gasteiger partial charge < -0.3 is 5.32 Å². The average Bonchev–Trinajstić information content (AvgIpc) is 2.59. The van der Waals surface area contributed by atoms with Crippen molar-refractivity contribution in [2.24, 2.45) is 0 Å².